The highest BCUT2D eigenvalue weighted by Gasteiger charge is 2.39. The molecule has 0 heterocycles. The van der Waals surface area contributed by atoms with Crippen LogP contribution in [0.4, 0.5) is 0 Å². The first-order valence-corrected chi connectivity index (χ1v) is 8.03. The van der Waals surface area contributed by atoms with E-state index < -0.39 is 5.54 Å². The topological polar surface area (TPSA) is 67.6 Å². The van der Waals surface area contributed by atoms with Gasteiger partial charge in [0.05, 0.1) is 18.7 Å². The zero-order valence-corrected chi connectivity index (χ0v) is 13.2. The first-order chi connectivity index (χ1) is 9.98. The monoisotopic (exact) mass is 293 g/mol. The van der Waals surface area contributed by atoms with Crippen molar-refractivity contribution in [2.45, 2.75) is 56.6 Å². The van der Waals surface area contributed by atoms with Gasteiger partial charge in [0.15, 0.2) is 0 Å². The molecular formula is C16H27N3O2. The van der Waals surface area contributed by atoms with Crippen LogP contribution in [0.2, 0.25) is 0 Å². The van der Waals surface area contributed by atoms with Crippen molar-refractivity contribution in [1.29, 1.82) is 5.26 Å². The predicted octanol–water partition coefficient (Wildman–Crippen LogP) is 1.37. The maximum Gasteiger partial charge on any atom is 0.237 e. The van der Waals surface area contributed by atoms with Crippen LogP contribution in [-0.4, -0.2) is 59.6 Å². The van der Waals surface area contributed by atoms with Crippen LogP contribution in [0, 0.1) is 17.2 Å². The van der Waals surface area contributed by atoms with Crippen LogP contribution in [0.5, 0.6) is 0 Å². The van der Waals surface area contributed by atoms with Gasteiger partial charge in [-0.05, 0) is 38.6 Å². The smallest absolute Gasteiger partial charge is 0.237 e. The summed E-state index contributed by atoms with van der Waals surface area (Å²) in [6.07, 6.45) is 6.61. The summed E-state index contributed by atoms with van der Waals surface area (Å²) < 4.78 is 0. The molecular weight excluding hydrogens is 266 g/mol. The standard InChI is InChI=1S/C16H27N3O2/c1-18(10-14(20)13-6-7-13)11-15(21)19(2)16(12-17)8-4-3-5-9-16/h13-14,20H,3-11H2,1-2H3. The van der Waals surface area contributed by atoms with E-state index >= 15 is 0 Å². The molecule has 0 radical (unpaired) electrons. The minimum atomic E-state index is -0.620. The highest BCUT2D eigenvalue weighted by molar-refractivity contribution is 5.79. The molecule has 1 atom stereocenters. The van der Waals surface area contributed by atoms with Gasteiger partial charge in [-0.15, -0.1) is 0 Å². The van der Waals surface area contributed by atoms with E-state index in [0.29, 0.717) is 12.5 Å². The number of aliphatic hydroxyl groups excluding tert-OH is 1. The van der Waals surface area contributed by atoms with E-state index in [1.54, 1.807) is 11.9 Å². The number of rotatable bonds is 6. The normalized spacial score (nSPS) is 22.6. The molecule has 2 aliphatic rings. The summed E-state index contributed by atoms with van der Waals surface area (Å²) in [6.45, 7) is 0.799. The van der Waals surface area contributed by atoms with Crippen molar-refractivity contribution in [2.24, 2.45) is 5.92 Å². The van der Waals surface area contributed by atoms with Gasteiger partial charge in [-0.2, -0.15) is 5.26 Å². The zero-order valence-electron chi connectivity index (χ0n) is 13.2. The molecule has 1 amide bonds. The van der Waals surface area contributed by atoms with Crippen LogP contribution >= 0.6 is 0 Å². The number of likely N-dealkylation sites (N-methyl/N-ethyl adjacent to an activating group) is 2. The molecule has 1 unspecified atom stereocenters. The van der Waals surface area contributed by atoms with E-state index in [9.17, 15) is 15.2 Å². The van der Waals surface area contributed by atoms with Gasteiger partial charge < -0.3 is 10.0 Å². The molecule has 0 aromatic heterocycles. The maximum atomic E-state index is 12.4. The molecule has 5 heteroatoms. The number of amides is 1. The second-order valence-corrected chi connectivity index (χ2v) is 6.76. The summed E-state index contributed by atoms with van der Waals surface area (Å²) in [7, 11) is 3.61. The summed E-state index contributed by atoms with van der Waals surface area (Å²) in [4.78, 5) is 16.0. The second-order valence-electron chi connectivity index (χ2n) is 6.76. The third-order valence-electron chi connectivity index (χ3n) is 4.98. The summed E-state index contributed by atoms with van der Waals surface area (Å²) in [5.41, 5.74) is -0.620. The van der Waals surface area contributed by atoms with Gasteiger partial charge in [-0.1, -0.05) is 19.3 Å². The van der Waals surface area contributed by atoms with Gasteiger partial charge in [0, 0.05) is 13.6 Å². The van der Waals surface area contributed by atoms with E-state index in [0.717, 1.165) is 44.9 Å². The number of aliphatic hydroxyl groups is 1. The van der Waals surface area contributed by atoms with Crippen LogP contribution in [0.3, 0.4) is 0 Å². The minimum absolute atomic E-state index is 0.0241. The fourth-order valence-corrected chi connectivity index (χ4v) is 3.25. The lowest BCUT2D eigenvalue weighted by Crippen LogP contribution is -2.52. The lowest BCUT2D eigenvalue weighted by atomic mass is 9.81. The number of carbonyl (C=O) groups is 1. The second kappa shape index (κ2) is 6.76. The first-order valence-electron chi connectivity index (χ1n) is 8.03. The molecule has 2 aliphatic carbocycles. The Balaban J connectivity index is 1.87. The molecule has 21 heavy (non-hydrogen) atoms. The first kappa shape index (κ1) is 16.3. The molecule has 118 valence electrons. The van der Waals surface area contributed by atoms with E-state index in [1.807, 2.05) is 11.9 Å². The lowest BCUT2D eigenvalue weighted by Gasteiger charge is -2.39. The van der Waals surface area contributed by atoms with E-state index in [4.69, 9.17) is 0 Å². The molecule has 0 saturated heterocycles. The summed E-state index contributed by atoms with van der Waals surface area (Å²) in [5, 5.41) is 19.5. The average Bonchev–Trinajstić information content (AvgIpc) is 3.31. The summed E-state index contributed by atoms with van der Waals surface area (Å²) in [6, 6.07) is 2.38. The van der Waals surface area contributed by atoms with Crippen molar-refractivity contribution >= 4 is 5.91 Å². The Hall–Kier alpha value is -1.12. The molecule has 2 saturated carbocycles. The molecule has 0 spiro atoms. The Labute approximate surface area is 127 Å². The van der Waals surface area contributed by atoms with E-state index in [1.165, 1.54) is 0 Å². The van der Waals surface area contributed by atoms with Crippen LogP contribution in [0.25, 0.3) is 0 Å². The molecule has 0 bridgehead atoms. The highest BCUT2D eigenvalue weighted by atomic mass is 16.3. The van der Waals surface area contributed by atoms with Gasteiger partial charge >= 0.3 is 0 Å². The van der Waals surface area contributed by atoms with Crippen molar-refractivity contribution < 1.29 is 9.90 Å². The third kappa shape index (κ3) is 3.96. The third-order valence-corrected chi connectivity index (χ3v) is 4.98. The van der Waals surface area contributed by atoms with Crippen LogP contribution in [-0.2, 0) is 4.79 Å². The summed E-state index contributed by atoms with van der Waals surface area (Å²) >= 11 is 0. The quantitative estimate of drug-likeness (QED) is 0.803. The van der Waals surface area contributed by atoms with E-state index in [-0.39, 0.29) is 18.6 Å². The minimum Gasteiger partial charge on any atom is -0.392 e. The lowest BCUT2D eigenvalue weighted by molar-refractivity contribution is -0.136. The van der Waals surface area contributed by atoms with Crippen molar-refractivity contribution in [1.82, 2.24) is 9.80 Å². The predicted molar refractivity (Wildman–Crippen MR) is 80.4 cm³/mol. The Morgan fingerprint density at radius 2 is 1.95 bits per heavy atom. The molecule has 2 fully saturated rings. The van der Waals surface area contributed by atoms with E-state index in [2.05, 4.69) is 6.07 Å². The van der Waals surface area contributed by atoms with Crippen LogP contribution in [0.1, 0.15) is 44.9 Å². The van der Waals surface area contributed by atoms with Gasteiger partial charge in [-0.25, -0.2) is 0 Å². The van der Waals surface area contributed by atoms with Crippen molar-refractivity contribution in [3.63, 3.8) is 0 Å². The number of nitriles is 1. The fourth-order valence-electron chi connectivity index (χ4n) is 3.25. The largest absolute Gasteiger partial charge is 0.392 e. The van der Waals surface area contributed by atoms with Gasteiger partial charge in [0.1, 0.15) is 5.54 Å². The molecule has 5 nitrogen and oxygen atoms in total. The number of nitrogens with zero attached hydrogens (tertiary/aromatic N) is 3. The van der Waals surface area contributed by atoms with Gasteiger partial charge in [0.2, 0.25) is 5.91 Å². The molecule has 2 rings (SSSR count). The Morgan fingerprint density at radius 1 is 1.33 bits per heavy atom. The molecule has 1 N–H and O–H groups in total. The van der Waals surface area contributed by atoms with Crippen LogP contribution in [0.15, 0.2) is 0 Å². The average molecular weight is 293 g/mol. The van der Waals surface area contributed by atoms with Crippen molar-refractivity contribution in [3.8, 4) is 6.07 Å². The Bertz CT molecular complexity index is 408. The maximum absolute atomic E-state index is 12.4. The molecule has 0 aliphatic heterocycles. The number of carbonyl (C=O) groups excluding carboxylic acids is 1. The van der Waals surface area contributed by atoms with Gasteiger partial charge in [-0.3, -0.25) is 9.69 Å². The van der Waals surface area contributed by atoms with Crippen molar-refractivity contribution in [2.75, 3.05) is 27.2 Å². The summed E-state index contributed by atoms with van der Waals surface area (Å²) in [5.74, 6) is 0.396. The van der Waals surface area contributed by atoms with Crippen LogP contribution < -0.4 is 0 Å². The SMILES string of the molecule is CN(CC(=O)N(C)C1(C#N)CCCCC1)CC(O)C1CC1. The zero-order chi connectivity index (χ0) is 15.5. The van der Waals surface area contributed by atoms with Gasteiger partial charge in [0.25, 0.3) is 0 Å². The molecule has 0 aromatic rings. The Morgan fingerprint density at radius 3 is 2.48 bits per heavy atom. The molecule has 0 aromatic carbocycles. The Kier molecular flexibility index (Phi) is 5.23. The van der Waals surface area contributed by atoms with Crippen molar-refractivity contribution in [3.05, 3.63) is 0 Å². The number of hydrogen-bond acceptors (Lipinski definition) is 4. The number of hydrogen-bond donors (Lipinski definition) is 1. The highest BCUT2D eigenvalue weighted by Crippen LogP contribution is 2.33. The fraction of sp³-hybridized carbons (Fsp3) is 0.875.